The molecule has 2 aliphatic rings. The largest absolute Gasteiger partial charge is 0.0895 e. The Kier molecular flexibility index (Phi) is 7.69. The van der Waals surface area contributed by atoms with E-state index < -0.39 is 0 Å². The molecule has 2 saturated carbocycles. The van der Waals surface area contributed by atoms with E-state index in [1.165, 1.54) is 61.2 Å². The van der Waals surface area contributed by atoms with Crippen molar-refractivity contribution in [2.24, 2.45) is 22.7 Å². The molecule has 0 unspecified atom stereocenters. The Morgan fingerprint density at radius 1 is 0.515 bits per heavy atom. The molecule has 0 heterocycles. The van der Waals surface area contributed by atoms with Crippen molar-refractivity contribution >= 4 is 11.8 Å². The molecule has 0 nitrogen and oxygen atoms in total. The summed E-state index contributed by atoms with van der Waals surface area (Å²) < 4.78 is 0. The summed E-state index contributed by atoms with van der Waals surface area (Å²) in [4.78, 5) is 2.99. The highest BCUT2D eigenvalue weighted by Crippen LogP contribution is 2.48. The lowest BCUT2D eigenvalue weighted by Crippen LogP contribution is -2.25. The minimum absolute atomic E-state index is 0.449. The normalized spacial score (nSPS) is 26.8. The van der Waals surface area contributed by atoms with E-state index in [4.69, 9.17) is 0 Å². The second kappa shape index (κ2) is 10.2. The summed E-state index contributed by atoms with van der Waals surface area (Å²) in [5.41, 5.74) is 4.09. The van der Waals surface area contributed by atoms with Crippen LogP contribution in [0.1, 0.15) is 116 Å². The lowest BCUT2D eigenvalue weighted by molar-refractivity contribution is 0.168. The summed E-state index contributed by atoms with van der Waals surface area (Å²) in [5.74, 6) is 3.19. The molecule has 2 aliphatic carbocycles. The molecule has 0 saturated heterocycles. The van der Waals surface area contributed by atoms with Crippen molar-refractivity contribution in [3.05, 3.63) is 59.7 Å². The molecule has 0 atom stereocenters. The van der Waals surface area contributed by atoms with Crippen LogP contribution in [0.3, 0.4) is 0 Å². The van der Waals surface area contributed by atoms with Gasteiger partial charge in [-0.1, -0.05) is 89.7 Å². The second-order valence-corrected chi connectivity index (χ2v) is 14.1. The van der Waals surface area contributed by atoms with Gasteiger partial charge in [0.15, 0.2) is 0 Å². The molecule has 0 spiro atoms. The van der Waals surface area contributed by atoms with Gasteiger partial charge in [-0.15, -0.1) is 0 Å². The molecule has 0 aliphatic heterocycles. The van der Waals surface area contributed by atoms with Crippen molar-refractivity contribution in [2.45, 2.75) is 115 Å². The van der Waals surface area contributed by atoms with E-state index in [-0.39, 0.29) is 0 Å². The smallest absolute Gasteiger partial charge is 0.0157 e. The third kappa shape index (κ3) is 6.08. The van der Waals surface area contributed by atoms with E-state index in [9.17, 15) is 0 Å². The fourth-order valence-corrected chi connectivity index (χ4v) is 7.72. The van der Waals surface area contributed by atoms with Gasteiger partial charge in [0.2, 0.25) is 0 Å². The van der Waals surface area contributed by atoms with E-state index in [0.717, 1.165) is 23.7 Å². The maximum atomic E-state index is 2.42. The zero-order valence-corrected chi connectivity index (χ0v) is 22.8. The first kappa shape index (κ1) is 24.9. The van der Waals surface area contributed by atoms with Gasteiger partial charge in [0.05, 0.1) is 0 Å². The molecule has 0 N–H and O–H groups in total. The van der Waals surface area contributed by atoms with Gasteiger partial charge in [-0.25, -0.2) is 0 Å². The first-order chi connectivity index (χ1) is 15.6. The molecule has 1 heteroatoms. The highest BCUT2D eigenvalue weighted by atomic mass is 32.2. The zero-order chi connectivity index (χ0) is 23.6. The molecule has 2 aromatic carbocycles. The molecule has 0 radical (unpaired) electrons. The summed E-state index contributed by atoms with van der Waals surface area (Å²) in [6, 6.07) is 18.6. The zero-order valence-electron chi connectivity index (χ0n) is 22.0. The van der Waals surface area contributed by atoms with Crippen molar-refractivity contribution < 1.29 is 0 Å². The fourth-order valence-electron chi connectivity index (χ4n) is 6.48. The van der Waals surface area contributed by atoms with E-state index >= 15 is 0 Å². The molecule has 33 heavy (non-hydrogen) atoms. The summed E-state index contributed by atoms with van der Waals surface area (Å²) in [6.07, 6.45) is 10.9. The number of rotatable bonds is 4. The molecule has 0 amide bonds. The van der Waals surface area contributed by atoms with Crippen LogP contribution in [0, 0.1) is 22.7 Å². The van der Waals surface area contributed by atoms with Crippen molar-refractivity contribution in [1.29, 1.82) is 0 Å². The van der Waals surface area contributed by atoms with Gasteiger partial charge in [0.1, 0.15) is 0 Å². The van der Waals surface area contributed by atoms with Crippen LogP contribution < -0.4 is 0 Å². The SMILES string of the molecule is CC(C)(C)C1CCC(c2ccccc2Sc2ccccc2C2CCC(C(C)(C)C)CC2)CC1. The Hall–Kier alpha value is -1.21. The molecular weight excluding hydrogens is 416 g/mol. The van der Waals surface area contributed by atoms with Crippen LogP contribution in [0.4, 0.5) is 0 Å². The van der Waals surface area contributed by atoms with Gasteiger partial charge in [0.25, 0.3) is 0 Å². The molecule has 0 bridgehead atoms. The van der Waals surface area contributed by atoms with Gasteiger partial charge >= 0.3 is 0 Å². The first-order valence-electron chi connectivity index (χ1n) is 13.5. The number of hydrogen-bond acceptors (Lipinski definition) is 1. The van der Waals surface area contributed by atoms with Crippen molar-refractivity contribution in [3.63, 3.8) is 0 Å². The fraction of sp³-hybridized carbons (Fsp3) is 0.625. The molecule has 2 fully saturated rings. The van der Waals surface area contributed by atoms with E-state index in [2.05, 4.69) is 90.1 Å². The van der Waals surface area contributed by atoms with Gasteiger partial charge in [-0.05, 0) is 109 Å². The maximum Gasteiger partial charge on any atom is 0.0157 e. The summed E-state index contributed by atoms with van der Waals surface area (Å²) in [5, 5.41) is 0. The van der Waals surface area contributed by atoms with Gasteiger partial charge < -0.3 is 0 Å². The second-order valence-electron chi connectivity index (χ2n) is 13.0. The quantitative estimate of drug-likeness (QED) is 0.435. The average molecular weight is 463 g/mol. The lowest BCUT2D eigenvalue weighted by Gasteiger charge is -2.38. The molecule has 2 aromatic rings. The highest BCUT2D eigenvalue weighted by molar-refractivity contribution is 7.99. The van der Waals surface area contributed by atoms with Gasteiger partial charge in [0, 0.05) is 9.79 Å². The predicted octanol–water partition coefficient (Wildman–Crippen LogP) is 10.5. The van der Waals surface area contributed by atoms with Crippen molar-refractivity contribution in [2.75, 3.05) is 0 Å². The van der Waals surface area contributed by atoms with Crippen LogP contribution in [0.2, 0.25) is 0 Å². The summed E-state index contributed by atoms with van der Waals surface area (Å²) in [7, 11) is 0. The minimum Gasteiger partial charge on any atom is -0.0895 e. The third-order valence-electron chi connectivity index (χ3n) is 8.84. The van der Waals surface area contributed by atoms with Gasteiger partial charge in [-0.3, -0.25) is 0 Å². The molecule has 180 valence electrons. The van der Waals surface area contributed by atoms with Crippen LogP contribution in [0.5, 0.6) is 0 Å². The minimum atomic E-state index is 0.449. The van der Waals surface area contributed by atoms with E-state index in [0.29, 0.717) is 10.8 Å². The van der Waals surface area contributed by atoms with E-state index in [1.54, 1.807) is 11.1 Å². The van der Waals surface area contributed by atoms with E-state index in [1.807, 2.05) is 11.8 Å². The Labute approximate surface area is 208 Å². The first-order valence-corrected chi connectivity index (χ1v) is 14.3. The van der Waals surface area contributed by atoms with Crippen molar-refractivity contribution in [1.82, 2.24) is 0 Å². The number of hydrogen-bond donors (Lipinski definition) is 0. The molecule has 0 aromatic heterocycles. The Morgan fingerprint density at radius 2 is 0.848 bits per heavy atom. The van der Waals surface area contributed by atoms with Crippen molar-refractivity contribution in [3.8, 4) is 0 Å². The standard InChI is InChI=1S/C32H46S/c1-31(2,3)25-19-15-23(16-20-25)27-11-7-9-13-29(27)33-30-14-10-8-12-28(30)24-17-21-26(22-18-24)32(4,5)6/h7-14,23-26H,15-22H2,1-6H3. The van der Waals surface area contributed by atoms with Crippen LogP contribution in [0.25, 0.3) is 0 Å². The number of benzene rings is 2. The van der Waals surface area contributed by atoms with Crippen LogP contribution in [0.15, 0.2) is 58.3 Å². The summed E-state index contributed by atoms with van der Waals surface area (Å²) in [6.45, 7) is 14.5. The molecular formula is C32H46S. The lowest BCUT2D eigenvalue weighted by atomic mass is 9.68. The Balaban J connectivity index is 1.49. The summed E-state index contributed by atoms with van der Waals surface area (Å²) >= 11 is 2.04. The van der Waals surface area contributed by atoms with Crippen LogP contribution in [-0.2, 0) is 0 Å². The topological polar surface area (TPSA) is 0 Å². The third-order valence-corrected chi connectivity index (χ3v) is 10.0. The highest BCUT2D eigenvalue weighted by Gasteiger charge is 2.32. The average Bonchev–Trinajstić information content (AvgIpc) is 2.79. The Morgan fingerprint density at radius 3 is 1.18 bits per heavy atom. The molecule has 4 rings (SSSR count). The van der Waals surface area contributed by atoms with Crippen LogP contribution in [-0.4, -0.2) is 0 Å². The maximum absolute atomic E-state index is 2.42. The van der Waals surface area contributed by atoms with Crippen LogP contribution >= 0.6 is 11.8 Å². The predicted molar refractivity (Wildman–Crippen MR) is 145 cm³/mol. The monoisotopic (exact) mass is 462 g/mol. The van der Waals surface area contributed by atoms with Gasteiger partial charge in [-0.2, -0.15) is 0 Å². The Bertz CT molecular complexity index is 821.